The summed E-state index contributed by atoms with van der Waals surface area (Å²) in [5.41, 5.74) is 10.1. The second kappa shape index (κ2) is 10.0. The molecule has 4 aromatic rings. The number of carbonyl (C=O) groups is 1. The number of aromatic nitrogens is 3. The number of halogens is 1. The highest BCUT2D eigenvalue weighted by Gasteiger charge is 2.28. The van der Waals surface area contributed by atoms with Crippen LogP contribution in [0.3, 0.4) is 0 Å². The number of benzene rings is 2. The van der Waals surface area contributed by atoms with Gasteiger partial charge in [-0.05, 0) is 43.0 Å². The van der Waals surface area contributed by atoms with Gasteiger partial charge in [0.2, 0.25) is 10.0 Å². The van der Waals surface area contributed by atoms with Crippen LogP contribution >= 0.6 is 0 Å². The Morgan fingerprint density at radius 3 is 2.68 bits per heavy atom. The molecule has 1 atom stereocenters. The molecule has 1 saturated heterocycles. The van der Waals surface area contributed by atoms with Crippen molar-refractivity contribution in [2.24, 2.45) is 0 Å². The van der Waals surface area contributed by atoms with Crippen molar-refractivity contribution in [1.29, 1.82) is 0 Å². The average molecular weight is 539 g/mol. The molecule has 4 N–H and O–H groups in total. The van der Waals surface area contributed by atoms with E-state index in [1.807, 2.05) is 12.1 Å². The Kier molecular flexibility index (Phi) is 6.76. The van der Waals surface area contributed by atoms with Crippen molar-refractivity contribution in [3.05, 3.63) is 71.8 Å². The average Bonchev–Trinajstić information content (AvgIpc) is 3.29. The number of carboxylic acid groups (broad SMARTS) is 1. The van der Waals surface area contributed by atoms with Crippen LogP contribution in [0.5, 0.6) is 0 Å². The van der Waals surface area contributed by atoms with Crippen LogP contribution in [0.15, 0.2) is 59.8 Å². The topological polar surface area (TPSA) is 143 Å². The number of nitrogen functional groups attached to an aromatic ring is 1. The number of nitrogens with zero attached hydrogens (tertiary/aromatic N) is 4. The van der Waals surface area contributed by atoms with Crippen LogP contribution in [0.25, 0.3) is 22.2 Å². The molecule has 3 heterocycles. The van der Waals surface area contributed by atoms with Crippen LogP contribution in [0.2, 0.25) is 0 Å². The molecule has 5 rings (SSSR count). The minimum atomic E-state index is -4.03. The van der Waals surface area contributed by atoms with Gasteiger partial charge in [-0.2, -0.15) is 5.10 Å². The molecular formula is C26H27FN6O4S. The fourth-order valence-corrected chi connectivity index (χ4v) is 5.85. The summed E-state index contributed by atoms with van der Waals surface area (Å²) in [5.74, 6) is -0.799. The Hall–Kier alpha value is -4.03. The second-order valence-electron chi connectivity index (χ2n) is 9.40. The van der Waals surface area contributed by atoms with E-state index in [2.05, 4.69) is 9.71 Å². The number of fused-ring (bicyclic) bond motifs is 1. The molecule has 12 heteroatoms. The number of piperidine rings is 1. The van der Waals surface area contributed by atoms with Gasteiger partial charge in [0.25, 0.3) is 0 Å². The van der Waals surface area contributed by atoms with Crippen LogP contribution < -0.4 is 10.5 Å². The van der Waals surface area contributed by atoms with Crippen LogP contribution in [-0.4, -0.2) is 52.4 Å². The summed E-state index contributed by atoms with van der Waals surface area (Å²) < 4.78 is 43.7. The molecule has 0 saturated carbocycles. The number of nitrogens with two attached hydrogens (primary N) is 1. The third-order valence-electron chi connectivity index (χ3n) is 6.73. The highest BCUT2D eigenvalue weighted by Crippen LogP contribution is 2.35. The zero-order chi connectivity index (χ0) is 27.0. The van der Waals surface area contributed by atoms with E-state index >= 15 is 0 Å². The van der Waals surface area contributed by atoms with E-state index < -0.39 is 26.8 Å². The molecule has 0 unspecified atom stereocenters. The van der Waals surface area contributed by atoms with Crippen molar-refractivity contribution in [2.75, 3.05) is 18.8 Å². The summed E-state index contributed by atoms with van der Waals surface area (Å²) in [4.78, 5) is 16.7. The molecule has 0 aliphatic carbocycles. The van der Waals surface area contributed by atoms with Gasteiger partial charge in [0.05, 0.1) is 35.0 Å². The Labute approximate surface area is 218 Å². The van der Waals surface area contributed by atoms with Crippen molar-refractivity contribution >= 4 is 32.7 Å². The van der Waals surface area contributed by atoms with E-state index in [0.717, 1.165) is 23.8 Å². The first-order valence-corrected chi connectivity index (χ1v) is 13.6. The monoisotopic (exact) mass is 538 g/mol. The van der Waals surface area contributed by atoms with Crippen molar-refractivity contribution in [3.63, 3.8) is 0 Å². The number of anilines is 1. The summed E-state index contributed by atoms with van der Waals surface area (Å²) in [5, 5.41) is 15.0. The predicted molar refractivity (Wildman–Crippen MR) is 140 cm³/mol. The fourth-order valence-electron chi connectivity index (χ4n) is 4.78. The molecular weight excluding hydrogens is 511 g/mol. The van der Waals surface area contributed by atoms with Gasteiger partial charge in [0.1, 0.15) is 16.4 Å². The van der Waals surface area contributed by atoms with Gasteiger partial charge in [-0.3, -0.25) is 9.67 Å². The molecule has 1 aliphatic heterocycles. The molecule has 0 bridgehead atoms. The maximum atomic E-state index is 14.2. The van der Waals surface area contributed by atoms with Crippen molar-refractivity contribution < 1.29 is 22.7 Å². The summed E-state index contributed by atoms with van der Waals surface area (Å²) in [7, 11) is -4.03. The van der Waals surface area contributed by atoms with E-state index in [9.17, 15) is 22.7 Å². The molecule has 0 spiro atoms. The molecule has 10 nitrogen and oxygen atoms in total. The number of amides is 1. The quantitative estimate of drug-likeness (QED) is 0.338. The minimum Gasteiger partial charge on any atom is -0.465 e. The van der Waals surface area contributed by atoms with Crippen LogP contribution in [-0.2, 0) is 16.6 Å². The SMILES string of the molecule is Cc1ccc(S(=O)(=O)NCc2ccc(-c3nn([C@@H]4CCCN(C(=O)O)C4)c4cncc(N)c34)cc2)c(F)c1. The zero-order valence-corrected chi connectivity index (χ0v) is 21.4. The summed E-state index contributed by atoms with van der Waals surface area (Å²) in [6, 6.07) is 11.0. The molecule has 1 amide bonds. The Bertz CT molecular complexity index is 1620. The van der Waals surface area contributed by atoms with E-state index in [0.29, 0.717) is 41.1 Å². The minimum absolute atomic E-state index is 0.0235. The lowest BCUT2D eigenvalue weighted by molar-refractivity contribution is 0.120. The first-order chi connectivity index (χ1) is 18.1. The van der Waals surface area contributed by atoms with E-state index in [1.165, 1.54) is 17.0 Å². The van der Waals surface area contributed by atoms with Gasteiger partial charge in [0, 0.05) is 25.2 Å². The lowest BCUT2D eigenvalue weighted by atomic mass is 10.1. The lowest BCUT2D eigenvalue weighted by Gasteiger charge is -2.31. The number of pyridine rings is 1. The number of nitrogens with one attached hydrogen (secondary N) is 1. The van der Waals surface area contributed by atoms with Gasteiger partial charge < -0.3 is 15.7 Å². The molecule has 198 valence electrons. The number of rotatable bonds is 6. The summed E-state index contributed by atoms with van der Waals surface area (Å²) in [6.45, 7) is 2.47. The molecule has 2 aromatic carbocycles. The number of sulfonamides is 1. The standard InChI is InChI=1S/C26H27FN6O4S/c1-16-4-9-23(20(27)11-16)38(36,37)30-12-17-5-7-18(8-6-17)25-24-21(28)13-29-14-22(24)33(31-25)19-3-2-10-32(15-19)26(34)35/h4-9,11,13-14,19,30H,2-3,10,12,15,28H2,1H3,(H,34,35)/t19-/m1/s1. The van der Waals surface area contributed by atoms with Gasteiger partial charge in [-0.25, -0.2) is 22.3 Å². The fraction of sp³-hybridized carbons (Fsp3) is 0.269. The maximum Gasteiger partial charge on any atom is 0.407 e. The van der Waals surface area contributed by atoms with Gasteiger partial charge in [-0.1, -0.05) is 30.3 Å². The largest absolute Gasteiger partial charge is 0.465 e. The van der Waals surface area contributed by atoms with Gasteiger partial charge in [-0.15, -0.1) is 0 Å². The molecule has 1 aliphatic rings. The molecule has 0 radical (unpaired) electrons. The number of likely N-dealkylation sites (tertiary alicyclic amines) is 1. The third-order valence-corrected chi connectivity index (χ3v) is 8.16. The maximum absolute atomic E-state index is 14.2. The van der Waals surface area contributed by atoms with Crippen LogP contribution in [0, 0.1) is 12.7 Å². The van der Waals surface area contributed by atoms with Crippen molar-refractivity contribution in [2.45, 2.75) is 37.2 Å². The molecule has 38 heavy (non-hydrogen) atoms. The zero-order valence-electron chi connectivity index (χ0n) is 20.6. The van der Waals surface area contributed by atoms with Crippen LogP contribution in [0.4, 0.5) is 14.9 Å². The van der Waals surface area contributed by atoms with Gasteiger partial charge in [0.15, 0.2) is 0 Å². The third kappa shape index (κ3) is 4.92. The molecule has 2 aromatic heterocycles. The Morgan fingerprint density at radius 1 is 1.21 bits per heavy atom. The predicted octanol–water partition coefficient (Wildman–Crippen LogP) is 3.92. The lowest BCUT2D eigenvalue weighted by Crippen LogP contribution is -2.40. The van der Waals surface area contributed by atoms with Gasteiger partial charge >= 0.3 is 6.09 Å². The van der Waals surface area contributed by atoms with Crippen LogP contribution in [0.1, 0.15) is 30.0 Å². The number of hydrogen-bond acceptors (Lipinski definition) is 6. The number of hydrogen-bond donors (Lipinski definition) is 3. The Morgan fingerprint density at radius 2 is 1.97 bits per heavy atom. The van der Waals surface area contributed by atoms with E-state index in [1.54, 1.807) is 42.2 Å². The van der Waals surface area contributed by atoms with Crippen molar-refractivity contribution in [3.8, 4) is 11.3 Å². The Balaban J connectivity index is 1.41. The number of aryl methyl sites for hydroxylation is 1. The van der Waals surface area contributed by atoms with E-state index in [-0.39, 0.29) is 12.6 Å². The molecule has 1 fully saturated rings. The smallest absolute Gasteiger partial charge is 0.407 e. The summed E-state index contributed by atoms with van der Waals surface area (Å²) in [6.07, 6.45) is 3.77. The van der Waals surface area contributed by atoms with E-state index in [4.69, 9.17) is 10.8 Å². The normalized spacial score (nSPS) is 16.2. The highest BCUT2D eigenvalue weighted by atomic mass is 32.2. The first kappa shape index (κ1) is 25.6. The highest BCUT2D eigenvalue weighted by molar-refractivity contribution is 7.89. The second-order valence-corrected chi connectivity index (χ2v) is 11.1. The summed E-state index contributed by atoms with van der Waals surface area (Å²) >= 11 is 0. The van der Waals surface area contributed by atoms with Crippen molar-refractivity contribution in [1.82, 2.24) is 24.4 Å². The first-order valence-electron chi connectivity index (χ1n) is 12.1.